The molecule has 1 N–H and O–H groups in total. The molecule has 0 fully saturated rings. The predicted octanol–water partition coefficient (Wildman–Crippen LogP) is 4.21. The lowest BCUT2D eigenvalue weighted by molar-refractivity contribution is -0.677. The van der Waals surface area contributed by atoms with Gasteiger partial charge in [0.1, 0.15) is 6.54 Å². The van der Waals surface area contributed by atoms with Crippen LogP contribution >= 0.6 is 11.6 Å². The summed E-state index contributed by atoms with van der Waals surface area (Å²) in [4.78, 5) is 3.62. The van der Waals surface area contributed by atoms with Crippen molar-refractivity contribution in [2.24, 2.45) is 0 Å². The van der Waals surface area contributed by atoms with Crippen LogP contribution < -0.4 is 4.57 Å². The minimum Gasteiger partial charge on any atom is -0.236 e. The maximum atomic E-state index is 6.00. The summed E-state index contributed by atoms with van der Waals surface area (Å²) in [6, 6.07) is 16.7. The van der Waals surface area contributed by atoms with Gasteiger partial charge < -0.3 is 0 Å². The smallest absolute Gasteiger partial charge is 0.236 e. The summed E-state index contributed by atoms with van der Waals surface area (Å²) >= 11 is 6.00. The number of nitrogens with one attached hydrogen (secondary N) is 1. The summed E-state index contributed by atoms with van der Waals surface area (Å²) in [7, 11) is 0. The van der Waals surface area contributed by atoms with Crippen molar-refractivity contribution in [2.45, 2.75) is 19.9 Å². The molecule has 2 aromatic carbocycles. The van der Waals surface area contributed by atoms with Crippen molar-refractivity contribution in [1.82, 2.24) is 4.98 Å². The van der Waals surface area contributed by atoms with Crippen molar-refractivity contribution in [2.75, 3.05) is 0 Å². The largest absolute Gasteiger partial charge is 0.288 e. The number of H-pyrrole nitrogens is 1. The molecule has 1 aliphatic rings. The van der Waals surface area contributed by atoms with Gasteiger partial charge in [0.2, 0.25) is 0 Å². The Morgan fingerprint density at radius 2 is 1.86 bits per heavy atom. The van der Waals surface area contributed by atoms with Crippen LogP contribution in [0.4, 0.5) is 0 Å². The predicted molar refractivity (Wildman–Crippen MR) is 85.3 cm³/mol. The van der Waals surface area contributed by atoms with Gasteiger partial charge in [-0.15, -0.1) is 0 Å². The Morgan fingerprint density at radius 3 is 2.62 bits per heavy atom. The van der Waals surface area contributed by atoms with Gasteiger partial charge in [-0.1, -0.05) is 36.7 Å². The Balaban J connectivity index is 1.91. The number of aromatic amines is 1. The number of nitrogens with zero attached hydrogens (tertiary/aromatic N) is 1. The first-order chi connectivity index (χ1) is 10.3. The van der Waals surface area contributed by atoms with Crippen molar-refractivity contribution in [1.29, 1.82) is 0 Å². The van der Waals surface area contributed by atoms with E-state index in [-0.39, 0.29) is 0 Å². The topological polar surface area (TPSA) is 19.7 Å². The molecular formula is C18H16ClN2+. The first-order valence-electron chi connectivity index (χ1n) is 7.27. The van der Waals surface area contributed by atoms with E-state index < -0.39 is 0 Å². The zero-order chi connectivity index (χ0) is 14.4. The SMILES string of the molecule is CCc1c(-c2ccc(Cl)cc2)[nH]c2[n+]1Cc1ccccc1-2. The number of aromatic nitrogens is 2. The maximum Gasteiger partial charge on any atom is 0.288 e. The van der Waals surface area contributed by atoms with Crippen LogP contribution in [-0.4, -0.2) is 4.98 Å². The molecule has 3 heteroatoms. The molecule has 21 heavy (non-hydrogen) atoms. The van der Waals surface area contributed by atoms with Crippen LogP contribution in [-0.2, 0) is 13.0 Å². The van der Waals surface area contributed by atoms with E-state index in [1.54, 1.807) is 0 Å². The lowest BCUT2D eigenvalue weighted by Gasteiger charge is -2.00. The molecule has 0 amide bonds. The normalized spacial score (nSPS) is 12.3. The van der Waals surface area contributed by atoms with Crippen LogP contribution in [0.2, 0.25) is 5.02 Å². The quantitative estimate of drug-likeness (QED) is 0.534. The highest BCUT2D eigenvalue weighted by Gasteiger charge is 2.32. The first-order valence-corrected chi connectivity index (χ1v) is 7.64. The van der Waals surface area contributed by atoms with Crippen LogP contribution in [0.5, 0.6) is 0 Å². The molecule has 0 saturated heterocycles. The zero-order valence-electron chi connectivity index (χ0n) is 11.9. The molecule has 2 heterocycles. The average Bonchev–Trinajstić information content (AvgIpc) is 3.03. The van der Waals surface area contributed by atoms with E-state index in [0.717, 1.165) is 18.0 Å². The van der Waals surface area contributed by atoms with Crippen LogP contribution in [0.1, 0.15) is 18.2 Å². The lowest BCUT2D eigenvalue weighted by Crippen LogP contribution is -2.34. The summed E-state index contributed by atoms with van der Waals surface area (Å²) in [6.45, 7) is 3.16. The minimum absolute atomic E-state index is 0.772. The Bertz CT molecular complexity index is 816. The summed E-state index contributed by atoms with van der Waals surface area (Å²) < 4.78 is 2.40. The summed E-state index contributed by atoms with van der Waals surface area (Å²) in [6.07, 6.45) is 1.00. The van der Waals surface area contributed by atoms with Gasteiger partial charge >= 0.3 is 0 Å². The average molecular weight is 296 g/mol. The zero-order valence-corrected chi connectivity index (χ0v) is 12.6. The van der Waals surface area contributed by atoms with Gasteiger partial charge in [-0.25, -0.2) is 9.55 Å². The van der Waals surface area contributed by atoms with E-state index in [1.165, 1.54) is 33.9 Å². The van der Waals surface area contributed by atoms with E-state index in [0.29, 0.717) is 0 Å². The van der Waals surface area contributed by atoms with Gasteiger partial charge in [0.25, 0.3) is 5.82 Å². The Morgan fingerprint density at radius 1 is 1.10 bits per heavy atom. The molecular weight excluding hydrogens is 280 g/mol. The molecule has 0 unspecified atom stereocenters. The van der Waals surface area contributed by atoms with Crippen molar-refractivity contribution in [3.8, 4) is 22.6 Å². The van der Waals surface area contributed by atoms with Gasteiger partial charge in [-0.3, -0.25) is 0 Å². The fourth-order valence-corrected chi connectivity index (χ4v) is 3.32. The number of fused-ring (bicyclic) bond motifs is 3. The number of halogens is 1. The highest BCUT2D eigenvalue weighted by molar-refractivity contribution is 6.30. The number of benzene rings is 2. The van der Waals surface area contributed by atoms with Gasteiger partial charge in [-0.2, -0.15) is 0 Å². The first kappa shape index (κ1) is 12.7. The molecule has 1 aromatic heterocycles. The fourth-order valence-electron chi connectivity index (χ4n) is 3.20. The molecule has 0 bridgehead atoms. The Labute approximate surface area is 129 Å². The Hall–Kier alpha value is -2.06. The second-order valence-corrected chi connectivity index (χ2v) is 5.84. The van der Waals surface area contributed by atoms with E-state index >= 15 is 0 Å². The standard InChI is InChI=1S/C18H15ClN2/c1-2-16-17(12-7-9-14(19)10-8-12)20-18-15-6-4-3-5-13(15)11-21(16)18/h3-10H,2,11H2,1H3/p+1. The molecule has 4 rings (SSSR count). The molecule has 2 nitrogen and oxygen atoms in total. The Kier molecular flexibility index (Phi) is 2.86. The molecule has 0 spiro atoms. The molecule has 1 aliphatic heterocycles. The van der Waals surface area contributed by atoms with Gasteiger partial charge in [-0.05, 0) is 30.3 Å². The lowest BCUT2D eigenvalue weighted by atomic mass is 10.1. The second kappa shape index (κ2) is 4.74. The molecule has 0 saturated carbocycles. The fraction of sp³-hybridized carbons (Fsp3) is 0.167. The van der Waals surface area contributed by atoms with Crippen LogP contribution in [0.25, 0.3) is 22.6 Å². The molecule has 0 aliphatic carbocycles. The highest BCUT2D eigenvalue weighted by Crippen LogP contribution is 2.31. The van der Waals surface area contributed by atoms with Gasteiger partial charge in [0.15, 0.2) is 11.4 Å². The number of imidazole rings is 1. The van der Waals surface area contributed by atoms with Crippen molar-refractivity contribution in [3.63, 3.8) is 0 Å². The van der Waals surface area contributed by atoms with Crippen molar-refractivity contribution < 1.29 is 4.57 Å². The third-order valence-corrected chi connectivity index (χ3v) is 4.45. The highest BCUT2D eigenvalue weighted by atomic mass is 35.5. The van der Waals surface area contributed by atoms with Crippen LogP contribution in [0.15, 0.2) is 48.5 Å². The van der Waals surface area contributed by atoms with E-state index in [1.807, 2.05) is 12.1 Å². The number of hydrogen-bond donors (Lipinski definition) is 1. The molecule has 0 atom stereocenters. The summed E-state index contributed by atoms with van der Waals surface area (Å²) in [5.41, 5.74) is 6.45. The van der Waals surface area contributed by atoms with Crippen molar-refractivity contribution >= 4 is 11.6 Å². The van der Waals surface area contributed by atoms with Crippen molar-refractivity contribution in [3.05, 3.63) is 64.8 Å². The van der Waals surface area contributed by atoms with E-state index in [4.69, 9.17) is 11.6 Å². The third-order valence-electron chi connectivity index (χ3n) is 4.20. The monoisotopic (exact) mass is 295 g/mol. The van der Waals surface area contributed by atoms with Gasteiger partial charge in [0.05, 0.1) is 5.56 Å². The second-order valence-electron chi connectivity index (χ2n) is 5.40. The summed E-state index contributed by atoms with van der Waals surface area (Å²) in [5.74, 6) is 1.22. The van der Waals surface area contributed by atoms with Gasteiger partial charge in [0, 0.05) is 22.6 Å². The van der Waals surface area contributed by atoms with E-state index in [9.17, 15) is 0 Å². The van der Waals surface area contributed by atoms with E-state index in [2.05, 4.69) is 52.9 Å². The minimum atomic E-state index is 0.772. The molecule has 104 valence electrons. The molecule has 3 aromatic rings. The number of hydrogen-bond acceptors (Lipinski definition) is 0. The maximum absolute atomic E-state index is 6.00. The third kappa shape index (κ3) is 1.90. The van der Waals surface area contributed by atoms with Crippen LogP contribution in [0.3, 0.4) is 0 Å². The molecule has 0 radical (unpaired) electrons. The van der Waals surface area contributed by atoms with Crippen LogP contribution in [0, 0.1) is 0 Å². The summed E-state index contributed by atoms with van der Waals surface area (Å²) in [5, 5.41) is 0.772. The number of rotatable bonds is 2.